The first-order chi connectivity index (χ1) is 27.8. The number of aryl methyl sites for hydroxylation is 2. The number of aromatic hydroxyl groups is 1. The molecule has 0 saturated heterocycles. The van der Waals surface area contributed by atoms with E-state index in [1.807, 2.05) is 42.5 Å². The van der Waals surface area contributed by atoms with Crippen LogP contribution in [-0.4, -0.2) is 68.8 Å². The summed E-state index contributed by atoms with van der Waals surface area (Å²) in [7, 11) is -9.35. The van der Waals surface area contributed by atoms with E-state index in [2.05, 4.69) is 13.8 Å². The molecule has 0 aliphatic rings. The van der Waals surface area contributed by atoms with Gasteiger partial charge in [0.2, 0.25) is 0 Å². The predicted molar refractivity (Wildman–Crippen MR) is 232 cm³/mol. The fraction of sp³-hybridized carbons (Fsp3) is 0.478. The minimum atomic E-state index is -4.83. The zero-order valence-electron chi connectivity index (χ0n) is 34.9. The summed E-state index contributed by atoms with van der Waals surface area (Å²) in [5.74, 6) is 0.339. The fourth-order valence-corrected chi connectivity index (χ4v) is 7.81. The van der Waals surface area contributed by atoms with Gasteiger partial charge in [-0.05, 0) is 73.2 Å². The molecule has 0 aliphatic heterocycles. The number of rotatable bonds is 26. The minimum absolute atomic E-state index is 0. The van der Waals surface area contributed by atoms with Crippen LogP contribution in [0.25, 0.3) is 0 Å². The molecular weight excluding hydrogens is 817 g/mol. The molecule has 0 aliphatic carbocycles. The monoisotopic (exact) mass is 878 g/mol. The van der Waals surface area contributed by atoms with Gasteiger partial charge in [-0.2, -0.15) is 8.42 Å². The standard InChI is InChI=1S/2C23H32O5S.Ca/c2*1-2-3-4-5-6-7-8-9-10-13-19-14-11-12-15-22(19)28-20-16-17-21(24)23(18-20)29(25,26)27;/h2*11-12,14-18,24H,2-10,13H2,1H3,(H,25,26,27);/q;;+2/p-2. The second-order valence-corrected chi connectivity index (χ2v) is 17.5. The topological polar surface area (TPSA) is 173 Å². The smallest absolute Gasteiger partial charge is 0.872 e. The average molecular weight is 879 g/mol. The van der Waals surface area contributed by atoms with Gasteiger partial charge in [0.15, 0.2) is 0 Å². The quantitative estimate of drug-likeness (QED) is 0.0351. The van der Waals surface area contributed by atoms with E-state index in [4.69, 9.17) is 9.47 Å². The van der Waals surface area contributed by atoms with Crippen LogP contribution in [-0.2, 0) is 33.1 Å². The van der Waals surface area contributed by atoms with Gasteiger partial charge in [-0.15, -0.1) is 0 Å². The largest absolute Gasteiger partial charge is 2.00 e. The predicted octanol–water partition coefficient (Wildman–Crippen LogP) is 11.7. The van der Waals surface area contributed by atoms with Crippen molar-refractivity contribution in [2.45, 2.75) is 152 Å². The fourth-order valence-electron chi connectivity index (χ4n) is 6.64. The van der Waals surface area contributed by atoms with Crippen molar-refractivity contribution in [3.05, 3.63) is 96.1 Å². The summed E-state index contributed by atoms with van der Waals surface area (Å²) in [6.45, 7) is 4.46. The molecule has 320 valence electrons. The van der Waals surface area contributed by atoms with Crippen molar-refractivity contribution in [1.82, 2.24) is 0 Å². The van der Waals surface area contributed by atoms with Crippen LogP contribution < -0.4 is 14.6 Å². The molecule has 4 aromatic carbocycles. The molecule has 59 heavy (non-hydrogen) atoms. The van der Waals surface area contributed by atoms with E-state index >= 15 is 0 Å². The average Bonchev–Trinajstić information content (AvgIpc) is 3.18. The summed E-state index contributed by atoms with van der Waals surface area (Å²) >= 11 is 0. The van der Waals surface area contributed by atoms with Crippen molar-refractivity contribution in [2.24, 2.45) is 0 Å². The van der Waals surface area contributed by atoms with Gasteiger partial charge in [0.05, 0.1) is 4.90 Å². The van der Waals surface area contributed by atoms with E-state index in [9.17, 15) is 36.2 Å². The minimum Gasteiger partial charge on any atom is -0.872 e. The third-order valence-corrected chi connectivity index (χ3v) is 11.6. The molecule has 0 unspecified atom stereocenters. The molecule has 0 bridgehead atoms. The van der Waals surface area contributed by atoms with Crippen molar-refractivity contribution >= 4 is 58.0 Å². The number of phenols is 1. The summed E-state index contributed by atoms with van der Waals surface area (Å²) < 4.78 is 77.2. The van der Waals surface area contributed by atoms with Crippen LogP contribution in [0.1, 0.15) is 141 Å². The van der Waals surface area contributed by atoms with Gasteiger partial charge >= 0.3 is 37.7 Å². The van der Waals surface area contributed by atoms with Crippen LogP contribution in [0, 0.1) is 0 Å². The SMILES string of the molecule is CCCCCCCCCCCc1ccccc1Oc1ccc(O)c(S(=O)(=O)O)c1.CCCCCCCCCCCc1ccccc1Oc1ccc([O-])c(S(=O)(=O)[O-])c1.[Ca+2]. The maximum atomic E-state index is 11.6. The van der Waals surface area contributed by atoms with Gasteiger partial charge in [0, 0.05) is 6.07 Å². The van der Waals surface area contributed by atoms with Gasteiger partial charge in [-0.1, -0.05) is 165 Å². The summed E-state index contributed by atoms with van der Waals surface area (Å²) in [5, 5.41) is 21.2. The molecule has 10 nitrogen and oxygen atoms in total. The van der Waals surface area contributed by atoms with Crippen molar-refractivity contribution < 1.29 is 45.6 Å². The molecule has 0 aromatic heterocycles. The Hall–Kier alpha value is -2.84. The first-order valence-corrected chi connectivity index (χ1v) is 23.8. The van der Waals surface area contributed by atoms with Gasteiger partial charge in [0.25, 0.3) is 10.1 Å². The Morgan fingerprint density at radius 1 is 0.525 bits per heavy atom. The third kappa shape index (κ3) is 20.5. The third-order valence-electron chi connectivity index (χ3n) is 9.89. The molecule has 0 amide bonds. The second-order valence-electron chi connectivity index (χ2n) is 14.7. The van der Waals surface area contributed by atoms with E-state index in [0.29, 0.717) is 11.5 Å². The zero-order chi connectivity index (χ0) is 42.2. The first kappa shape index (κ1) is 52.3. The first-order valence-electron chi connectivity index (χ1n) is 20.9. The van der Waals surface area contributed by atoms with E-state index in [-0.39, 0.29) is 49.2 Å². The van der Waals surface area contributed by atoms with Crippen LogP contribution in [0.3, 0.4) is 0 Å². The maximum Gasteiger partial charge on any atom is 2.00 e. The second kappa shape index (κ2) is 28.6. The summed E-state index contributed by atoms with van der Waals surface area (Å²) in [6.07, 6.45) is 24.4. The molecule has 2 N–H and O–H groups in total. The number of benzene rings is 4. The number of unbranched alkanes of at least 4 members (excludes halogenated alkanes) is 16. The van der Waals surface area contributed by atoms with Crippen LogP contribution in [0.4, 0.5) is 0 Å². The van der Waals surface area contributed by atoms with Crippen molar-refractivity contribution in [3.8, 4) is 34.5 Å². The van der Waals surface area contributed by atoms with Gasteiger partial charge in [-0.3, -0.25) is 4.55 Å². The molecule has 0 saturated carbocycles. The molecule has 4 aromatic rings. The van der Waals surface area contributed by atoms with Crippen molar-refractivity contribution in [3.63, 3.8) is 0 Å². The normalized spacial score (nSPS) is 11.3. The van der Waals surface area contributed by atoms with Gasteiger partial charge < -0.3 is 24.2 Å². The summed E-state index contributed by atoms with van der Waals surface area (Å²) in [5.41, 5.74) is 2.07. The molecule has 0 heterocycles. The molecule has 4 rings (SSSR count). The van der Waals surface area contributed by atoms with Crippen LogP contribution in [0.15, 0.2) is 94.7 Å². The number of phenolic OH excluding ortho intramolecular Hbond substituents is 1. The Labute approximate surface area is 383 Å². The summed E-state index contributed by atoms with van der Waals surface area (Å²) in [6, 6.07) is 22.4. The van der Waals surface area contributed by atoms with E-state index < -0.39 is 41.5 Å². The van der Waals surface area contributed by atoms with Crippen LogP contribution >= 0.6 is 0 Å². The van der Waals surface area contributed by atoms with Crippen LogP contribution in [0.5, 0.6) is 34.5 Å². The van der Waals surface area contributed by atoms with Gasteiger partial charge in [0.1, 0.15) is 43.8 Å². The summed E-state index contributed by atoms with van der Waals surface area (Å²) in [4.78, 5) is -1.35. The van der Waals surface area contributed by atoms with E-state index in [0.717, 1.165) is 61.4 Å². The Kier molecular flexibility index (Phi) is 25.4. The number of hydrogen-bond donors (Lipinski definition) is 2. The van der Waals surface area contributed by atoms with E-state index in [1.54, 1.807) is 6.07 Å². The Morgan fingerprint density at radius 3 is 1.31 bits per heavy atom. The zero-order valence-corrected chi connectivity index (χ0v) is 38.8. The number of hydrogen-bond acceptors (Lipinski definition) is 9. The van der Waals surface area contributed by atoms with E-state index in [1.165, 1.54) is 115 Å². The van der Waals surface area contributed by atoms with Gasteiger partial charge in [-0.25, -0.2) is 8.42 Å². The maximum absolute atomic E-state index is 11.6. The molecule has 0 fully saturated rings. The Balaban J connectivity index is 0.000000400. The van der Waals surface area contributed by atoms with Crippen molar-refractivity contribution in [1.29, 1.82) is 0 Å². The van der Waals surface area contributed by atoms with Crippen molar-refractivity contribution in [2.75, 3.05) is 0 Å². The Bertz CT molecular complexity index is 1870. The van der Waals surface area contributed by atoms with Crippen LogP contribution in [0.2, 0.25) is 0 Å². The number of ether oxygens (including phenoxy) is 2. The molecule has 0 atom stereocenters. The molecule has 13 heteroatoms. The Morgan fingerprint density at radius 2 is 0.898 bits per heavy atom. The molecular formula is C46H62CaO10S2. The molecule has 0 radical (unpaired) electrons. The molecule has 0 spiro atoms. The number of para-hydroxylation sites is 2.